The van der Waals surface area contributed by atoms with Gasteiger partial charge in [0.25, 0.3) is 0 Å². The van der Waals surface area contributed by atoms with E-state index < -0.39 is 0 Å². The van der Waals surface area contributed by atoms with Gasteiger partial charge in [0.15, 0.2) is 0 Å². The third kappa shape index (κ3) is 4.42. The zero-order valence-corrected chi connectivity index (χ0v) is 14.8. The monoisotopic (exact) mass is 304 g/mol. The van der Waals surface area contributed by atoms with Gasteiger partial charge in [-0.2, -0.15) is 0 Å². The molecule has 0 aliphatic carbocycles. The molecule has 0 amide bonds. The van der Waals surface area contributed by atoms with E-state index in [1.54, 1.807) is 0 Å². The van der Waals surface area contributed by atoms with Gasteiger partial charge in [0.05, 0.1) is 5.69 Å². The molecule has 0 bridgehead atoms. The lowest BCUT2D eigenvalue weighted by Crippen LogP contribution is -2.42. The van der Waals surface area contributed by atoms with Crippen molar-refractivity contribution in [3.8, 4) is 0 Å². The van der Waals surface area contributed by atoms with Crippen molar-refractivity contribution in [2.24, 2.45) is 0 Å². The molecule has 1 aliphatic heterocycles. The smallest absolute Gasteiger partial charge is 0.224 e. The van der Waals surface area contributed by atoms with Crippen LogP contribution in [0.2, 0.25) is 0 Å². The van der Waals surface area contributed by atoms with Crippen molar-refractivity contribution in [1.29, 1.82) is 0 Å². The average molecular weight is 304 g/mol. The van der Waals surface area contributed by atoms with E-state index in [0.717, 1.165) is 18.5 Å². The van der Waals surface area contributed by atoms with Crippen molar-refractivity contribution in [2.75, 3.05) is 32.1 Å². The molecule has 1 saturated heterocycles. The fourth-order valence-electron chi connectivity index (χ4n) is 3.56. The number of hydrogen-bond donors (Lipinski definition) is 0. The Morgan fingerprint density at radius 1 is 1.27 bits per heavy atom. The summed E-state index contributed by atoms with van der Waals surface area (Å²) in [6.07, 6.45) is 9.67. The van der Waals surface area contributed by atoms with Gasteiger partial charge in [-0.3, -0.25) is 4.90 Å². The van der Waals surface area contributed by atoms with Crippen molar-refractivity contribution in [3.63, 3.8) is 0 Å². The highest BCUT2D eigenvalue weighted by atomic mass is 15.2. The van der Waals surface area contributed by atoms with E-state index in [1.165, 1.54) is 50.8 Å². The van der Waals surface area contributed by atoms with Crippen molar-refractivity contribution >= 4 is 5.95 Å². The molecule has 1 fully saturated rings. The van der Waals surface area contributed by atoms with Crippen LogP contribution in [0.25, 0.3) is 0 Å². The SMILES string of the molecule is CCCC(CCC)N1CCCC(c2ccnc(N(C)C)n2)C1. The van der Waals surface area contributed by atoms with Gasteiger partial charge in [0.2, 0.25) is 5.95 Å². The maximum atomic E-state index is 4.77. The van der Waals surface area contributed by atoms with Gasteiger partial charge in [-0.15, -0.1) is 0 Å². The molecule has 22 heavy (non-hydrogen) atoms. The summed E-state index contributed by atoms with van der Waals surface area (Å²) in [6, 6.07) is 2.86. The first kappa shape index (κ1) is 17.2. The van der Waals surface area contributed by atoms with E-state index in [0.29, 0.717) is 5.92 Å². The van der Waals surface area contributed by atoms with E-state index in [2.05, 4.69) is 29.8 Å². The standard InChI is InChI=1S/C18H32N4/c1-5-8-16(9-6-2)22-13-7-10-15(14-22)17-11-12-19-18(20-17)21(3)4/h11-12,15-16H,5-10,13-14H2,1-4H3. The maximum Gasteiger partial charge on any atom is 0.224 e. The van der Waals surface area contributed by atoms with E-state index >= 15 is 0 Å². The third-order valence-corrected chi connectivity index (χ3v) is 4.70. The molecule has 1 aromatic rings. The summed E-state index contributed by atoms with van der Waals surface area (Å²) in [7, 11) is 4.01. The summed E-state index contributed by atoms with van der Waals surface area (Å²) in [5.74, 6) is 1.39. The first-order valence-electron chi connectivity index (χ1n) is 8.90. The molecule has 0 N–H and O–H groups in total. The number of hydrogen-bond acceptors (Lipinski definition) is 4. The second-order valence-corrected chi connectivity index (χ2v) is 6.74. The molecule has 2 heterocycles. The van der Waals surface area contributed by atoms with Crippen LogP contribution in [0.15, 0.2) is 12.3 Å². The van der Waals surface area contributed by atoms with Crippen molar-refractivity contribution < 1.29 is 0 Å². The molecule has 1 aliphatic rings. The Morgan fingerprint density at radius 2 is 2.00 bits per heavy atom. The first-order valence-corrected chi connectivity index (χ1v) is 8.90. The lowest BCUT2D eigenvalue weighted by atomic mass is 9.92. The van der Waals surface area contributed by atoms with Gasteiger partial charge in [-0.25, -0.2) is 9.97 Å². The predicted octanol–water partition coefficient (Wildman–Crippen LogP) is 3.69. The molecule has 2 rings (SSSR count). The maximum absolute atomic E-state index is 4.77. The summed E-state index contributed by atoms with van der Waals surface area (Å²) in [5, 5.41) is 0. The number of anilines is 1. The quantitative estimate of drug-likeness (QED) is 0.769. The lowest BCUT2D eigenvalue weighted by Gasteiger charge is -2.38. The highest BCUT2D eigenvalue weighted by molar-refractivity contribution is 5.28. The molecule has 4 nitrogen and oxygen atoms in total. The summed E-state index contributed by atoms with van der Waals surface area (Å²) in [5.41, 5.74) is 1.22. The number of rotatable bonds is 7. The highest BCUT2D eigenvalue weighted by Crippen LogP contribution is 2.29. The van der Waals surface area contributed by atoms with Crippen LogP contribution in [0, 0.1) is 0 Å². The van der Waals surface area contributed by atoms with Gasteiger partial charge < -0.3 is 4.90 Å². The van der Waals surface area contributed by atoms with Crippen molar-refractivity contribution in [1.82, 2.24) is 14.9 Å². The van der Waals surface area contributed by atoms with Crippen LogP contribution < -0.4 is 4.90 Å². The number of likely N-dealkylation sites (tertiary alicyclic amines) is 1. The Morgan fingerprint density at radius 3 is 2.64 bits per heavy atom. The highest BCUT2D eigenvalue weighted by Gasteiger charge is 2.26. The van der Waals surface area contributed by atoms with Gasteiger partial charge in [0.1, 0.15) is 0 Å². The van der Waals surface area contributed by atoms with Gasteiger partial charge in [-0.1, -0.05) is 26.7 Å². The molecule has 0 spiro atoms. The summed E-state index contributed by atoms with van der Waals surface area (Å²) < 4.78 is 0. The van der Waals surface area contributed by atoms with Crippen LogP contribution in [-0.2, 0) is 0 Å². The minimum Gasteiger partial charge on any atom is -0.347 e. The predicted molar refractivity (Wildman–Crippen MR) is 93.5 cm³/mol. The molecule has 0 radical (unpaired) electrons. The van der Waals surface area contributed by atoms with E-state index in [-0.39, 0.29) is 0 Å². The first-order chi connectivity index (χ1) is 10.7. The minimum atomic E-state index is 0.562. The number of aromatic nitrogens is 2. The van der Waals surface area contributed by atoms with Gasteiger partial charge in [0, 0.05) is 38.8 Å². The lowest BCUT2D eigenvalue weighted by molar-refractivity contribution is 0.131. The Hall–Kier alpha value is -1.16. The molecular formula is C18H32N4. The van der Waals surface area contributed by atoms with Crippen LogP contribution in [0.3, 0.4) is 0 Å². The zero-order valence-electron chi connectivity index (χ0n) is 14.8. The molecule has 124 valence electrons. The van der Waals surface area contributed by atoms with Crippen LogP contribution in [0.1, 0.15) is 64.0 Å². The van der Waals surface area contributed by atoms with Crippen LogP contribution in [-0.4, -0.2) is 48.1 Å². The Kier molecular flexibility index (Phi) is 6.62. The second-order valence-electron chi connectivity index (χ2n) is 6.74. The molecule has 1 unspecified atom stereocenters. The molecule has 0 saturated carbocycles. The third-order valence-electron chi connectivity index (χ3n) is 4.70. The largest absolute Gasteiger partial charge is 0.347 e. The molecule has 1 aromatic heterocycles. The minimum absolute atomic E-state index is 0.562. The summed E-state index contributed by atoms with van der Waals surface area (Å²) in [4.78, 5) is 13.8. The van der Waals surface area contributed by atoms with Crippen LogP contribution in [0.5, 0.6) is 0 Å². The van der Waals surface area contributed by atoms with Crippen LogP contribution in [0.4, 0.5) is 5.95 Å². The second kappa shape index (κ2) is 8.47. The van der Waals surface area contributed by atoms with Gasteiger partial charge >= 0.3 is 0 Å². The molecule has 1 atom stereocenters. The molecule has 0 aromatic carbocycles. The van der Waals surface area contributed by atoms with E-state index in [1.807, 2.05) is 25.2 Å². The molecular weight excluding hydrogens is 272 g/mol. The average Bonchev–Trinajstić information content (AvgIpc) is 2.55. The van der Waals surface area contributed by atoms with E-state index in [9.17, 15) is 0 Å². The fraction of sp³-hybridized carbons (Fsp3) is 0.778. The zero-order chi connectivity index (χ0) is 15.9. The Bertz CT molecular complexity index is 440. The van der Waals surface area contributed by atoms with Crippen molar-refractivity contribution in [3.05, 3.63) is 18.0 Å². The van der Waals surface area contributed by atoms with E-state index in [4.69, 9.17) is 4.98 Å². The van der Waals surface area contributed by atoms with Crippen molar-refractivity contribution in [2.45, 2.75) is 64.3 Å². The number of nitrogens with zero attached hydrogens (tertiary/aromatic N) is 4. The fourth-order valence-corrected chi connectivity index (χ4v) is 3.56. The molecule has 4 heteroatoms. The normalized spacial score (nSPS) is 19.6. The summed E-state index contributed by atoms with van der Waals surface area (Å²) >= 11 is 0. The van der Waals surface area contributed by atoms with Crippen LogP contribution >= 0.6 is 0 Å². The Balaban J connectivity index is 2.07. The summed E-state index contributed by atoms with van der Waals surface area (Å²) in [6.45, 7) is 7.02. The Labute approximate surface area is 135 Å². The number of piperidine rings is 1. The van der Waals surface area contributed by atoms with Gasteiger partial charge in [-0.05, 0) is 38.3 Å². The topological polar surface area (TPSA) is 32.3 Å².